The Morgan fingerprint density at radius 1 is 0.892 bits per heavy atom. The molecule has 0 amide bonds. The summed E-state index contributed by atoms with van der Waals surface area (Å²) in [6.45, 7) is 5.86. The first-order chi connectivity index (χ1) is 17.8. The minimum absolute atomic E-state index is 0.00717. The van der Waals surface area contributed by atoms with E-state index in [1.165, 1.54) is 48.5 Å². The lowest BCUT2D eigenvalue weighted by molar-refractivity contribution is 0.0728. The molecule has 3 aromatic rings. The molecule has 1 aliphatic carbocycles. The summed E-state index contributed by atoms with van der Waals surface area (Å²) >= 11 is 0. The van der Waals surface area contributed by atoms with Crippen LogP contribution in [0.5, 0.6) is 11.5 Å². The zero-order valence-corrected chi connectivity index (χ0v) is 20.5. The van der Waals surface area contributed by atoms with Crippen LogP contribution in [0.4, 0.5) is 17.6 Å². The van der Waals surface area contributed by atoms with Crippen LogP contribution in [0.15, 0.2) is 61.2 Å². The van der Waals surface area contributed by atoms with Crippen LogP contribution in [0.25, 0.3) is 11.1 Å². The van der Waals surface area contributed by atoms with Gasteiger partial charge in [0.1, 0.15) is 5.75 Å². The van der Waals surface area contributed by atoms with Gasteiger partial charge in [-0.3, -0.25) is 0 Å². The van der Waals surface area contributed by atoms with Gasteiger partial charge in [-0.15, -0.1) is 6.58 Å². The van der Waals surface area contributed by atoms with Crippen molar-refractivity contribution < 1.29 is 31.8 Å². The fraction of sp³-hybridized carbons (Fsp3) is 0.300. The summed E-state index contributed by atoms with van der Waals surface area (Å²) in [5.41, 5.74) is 0.107. The van der Waals surface area contributed by atoms with Gasteiger partial charge in [-0.25, -0.2) is 18.0 Å². The standard InChI is InChI=1S/C30H28F4O3/c1-3-4-17-36-25-16-15-23(27(32)29(25)34)20-9-11-21(12-10-20)37-30(35)24-14-13-22(26(31)28(24)33)19-7-5-18(2)6-8-19/h3,9-16,18-19H,1,4-8,17H2,2H3. The molecule has 0 bridgehead atoms. The van der Waals surface area contributed by atoms with Crippen LogP contribution in [0.2, 0.25) is 0 Å². The molecule has 0 aliphatic heterocycles. The van der Waals surface area contributed by atoms with E-state index in [2.05, 4.69) is 13.5 Å². The molecule has 7 heteroatoms. The average molecular weight is 513 g/mol. The Morgan fingerprint density at radius 3 is 2.27 bits per heavy atom. The second-order valence-electron chi connectivity index (χ2n) is 9.37. The third-order valence-corrected chi connectivity index (χ3v) is 6.79. The van der Waals surface area contributed by atoms with Gasteiger partial charge in [-0.2, -0.15) is 4.39 Å². The summed E-state index contributed by atoms with van der Waals surface area (Å²) in [5.74, 6) is -5.14. The molecule has 194 valence electrons. The van der Waals surface area contributed by atoms with Crippen LogP contribution in [-0.4, -0.2) is 12.6 Å². The molecule has 0 unspecified atom stereocenters. The molecule has 0 saturated heterocycles. The maximum absolute atomic E-state index is 14.8. The van der Waals surface area contributed by atoms with Crippen molar-refractivity contribution in [3.63, 3.8) is 0 Å². The molecule has 0 atom stereocenters. The summed E-state index contributed by atoms with van der Waals surface area (Å²) in [7, 11) is 0. The van der Waals surface area contributed by atoms with Gasteiger partial charge >= 0.3 is 5.97 Å². The highest BCUT2D eigenvalue weighted by atomic mass is 19.2. The van der Waals surface area contributed by atoms with Crippen LogP contribution >= 0.6 is 0 Å². The molecule has 4 rings (SSSR count). The van der Waals surface area contributed by atoms with Gasteiger partial charge in [0.05, 0.1) is 12.2 Å². The first-order valence-electron chi connectivity index (χ1n) is 12.3. The van der Waals surface area contributed by atoms with E-state index in [4.69, 9.17) is 9.47 Å². The SMILES string of the molecule is C=CCCOc1ccc(-c2ccc(OC(=O)c3ccc(C4CCC(C)CC4)c(F)c3F)cc2)c(F)c1F. The van der Waals surface area contributed by atoms with Crippen molar-refractivity contribution in [1.29, 1.82) is 0 Å². The lowest BCUT2D eigenvalue weighted by Crippen LogP contribution is -2.16. The number of rotatable bonds is 8. The van der Waals surface area contributed by atoms with E-state index < -0.39 is 34.8 Å². The quantitative estimate of drug-likeness (QED) is 0.1000. The molecule has 1 aliphatic rings. The zero-order chi connectivity index (χ0) is 26.5. The number of esters is 1. The molecular formula is C30H28F4O3. The van der Waals surface area contributed by atoms with Gasteiger partial charge in [-0.1, -0.05) is 44.0 Å². The van der Waals surface area contributed by atoms with Gasteiger partial charge < -0.3 is 9.47 Å². The fourth-order valence-electron chi connectivity index (χ4n) is 4.59. The number of carbonyl (C=O) groups excluding carboxylic acids is 1. The van der Waals surface area contributed by atoms with Crippen LogP contribution in [0.3, 0.4) is 0 Å². The number of hydrogen-bond acceptors (Lipinski definition) is 3. The molecular weight excluding hydrogens is 484 g/mol. The van der Waals surface area contributed by atoms with Crippen LogP contribution in [0, 0.1) is 29.2 Å². The molecule has 3 nitrogen and oxygen atoms in total. The monoisotopic (exact) mass is 512 g/mol. The van der Waals surface area contributed by atoms with E-state index in [0.29, 0.717) is 17.9 Å². The van der Waals surface area contributed by atoms with Crippen LogP contribution < -0.4 is 9.47 Å². The summed E-state index contributed by atoms with van der Waals surface area (Å²) in [4.78, 5) is 12.6. The van der Waals surface area contributed by atoms with Gasteiger partial charge in [0, 0.05) is 5.56 Å². The number of ether oxygens (including phenoxy) is 2. The minimum Gasteiger partial charge on any atom is -0.490 e. The van der Waals surface area contributed by atoms with E-state index >= 15 is 0 Å². The molecule has 0 spiro atoms. The number of benzene rings is 3. The predicted octanol–water partition coefficient (Wildman–Crippen LogP) is 8.38. The van der Waals surface area contributed by atoms with E-state index in [-0.39, 0.29) is 35.2 Å². The molecule has 3 aromatic carbocycles. The van der Waals surface area contributed by atoms with Crippen molar-refractivity contribution in [2.45, 2.75) is 44.9 Å². The highest BCUT2D eigenvalue weighted by Gasteiger charge is 2.27. The molecule has 1 saturated carbocycles. The number of halogens is 4. The van der Waals surface area contributed by atoms with Crippen molar-refractivity contribution in [2.24, 2.45) is 5.92 Å². The Kier molecular flexibility index (Phi) is 8.31. The summed E-state index contributed by atoms with van der Waals surface area (Å²) in [6, 6.07) is 11.0. The molecule has 0 aromatic heterocycles. The highest BCUT2D eigenvalue weighted by Crippen LogP contribution is 2.37. The first-order valence-corrected chi connectivity index (χ1v) is 12.3. The van der Waals surface area contributed by atoms with Gasteiger partial charge in [0.15, 0.2) is 23.2 Å². The maximum Gasteiger partial charge on any atom is 0.346 e. The predicted molar refractivity (Wildman–Crippen MR) is 134 cm³/mol. The first kappa shape index (κ1) is 26.5. The van der Waals surface area contributed by atoms with Crippen molar-refractivity contribution in [2.75, 3.05) is 6.61 Å². The third kappa shape index (κ3) is 5.87. The molecule has 0 radical (unpaired) electrons. The molecule has 37 heavy (non-hydrogen) atoms. The second-order valence-corrected chi connectivity index (χ2v) is 9.37. The zero-order valence-electron chi connectivity index (χ0n) is 20.5. The van der Waals surface area contributed by atoms with E-state index in [0.717, 1.165) is 25.7 Å². The Labute approximate surface area is 213 Å². The topological polar surface area (TPSA) is 35.5 Å². The Bertz CT molecular complexity index is 1280. The van der Waals surface area contributed by atoms with E-state index in [1.807, 2.05) is 0 Å². The van der Waals surface area contributed by atoms with Gasteiger partial charge in [-0.05, 0) is 72.6 Å². The van der Waals surface area contributed by atoms with Crippen LogP contribution in [-0.2, 0) is 0 Å². The summed E-state index contributed by atoms with van der Waals surface area (Å²) in [5, 5.41) is 0. The van der Waals surface area contributed by atoms with Crippen molar-refractivity contribution >= 4 is 5.97 Å². The fourth-order valence-corrected chi connectivity index (χ4v) is 4.59. The Balaban J connectivity index is 1.46. The van der Waals surface area contributed by atoms with Crippen molar-refractivity contribution in [3.8, 4) is 22.6 Å². The van der Waals surface area contributed by atoms with Crippen LogP contribution in [0.1, 0.15) is 60.9 Å². The normalized spacial score (nSPS) is 17.3. The number of hydrogen-bond donors (Lipinski definition) is 0. The van der Waals surface area contributed by atoms with Gasteiger partial charge in [0.25, 0.3) is 0 Å². The molecule has 0 heterocycles. The van der Waals surface area contributed by atoms with Gasteiger partial charge in [0.2, 0.25) is 5.82 Å². The lowest BCUT2D eigenvalue weighted by Gasteiger charge is -2.27. The summed E-state index contributed by atoms with van der Waals surface area (Å²) in [6.07, 6.45) is 5.57. The average Bonchev–Trinajstić information content (AvgIpc) is 2.89. The second kappa shape index (κ2) is 11.6. The smallest absolute Gasteiger partial charge is 0.346 e. The Hall–Kier alpha value is -3.61. The molecule has 0 N–H and O–H groups in total. The third-order valence-electron chi connectivity index (χ3n) is 6.79. The summed E-state index contributed by atoms with van der Waals surface area (Å²) < 4.78 is 69.0. The lowest BCUT2D eigenvalue weighted by atomic mass is 9.79. The van der Waals surface area contributed by atoms with E-state index in [9.17, 15) is 22.4 Å². The highest BCUT2D eigenvalue weighted by molar-refractivity contribution is 5.91. The maximum atomic E-state index is 14.8. The van der Waals surface area contributed by atoms with E-state index in [1.54, 1.807) is 6.08 Å². The van der Waals surface area contributed by atoms with Crippen molar-refractivity contribution in [1.82, 2.24) is 0 Å². The minimum atomic E-state index is -1.23. The largest absolute Gasteiger partial charge is 0.490 e. The Morgan fingerprint density at radius 2 is 1.59 bits per heavy atom. The number of carbonyl (C=O) groups is 1. The molecule has 1 fully saturated rings. The van der Waals surface area contributed by atoms with Crippen molar-refractivity contribution in [3.05, 3.63) is 95.6 Å².